The maximum absolute atomic E-state index is 10.3. The van der Waals surface area contributed by atoms with Gasteiger partial charge in [-0.1, -0.05) is 26.7 Å². The number of nitrogens with zero attached hydrogens (tertiary/aromatic N) is 4. The van der Waals surface area contributed by atoms with Gasteiger partial charge in [0.25, 0.3) is 0 Å². The van der Waals surface area contributed by atoms with Crippen molar-refractivity contribution in [3.8, 4) is 0 Å². The zero-order chi connectivity index (χ0) is 18.7. The third kappa shape index (κ3) is 3.52. The van der Waals surface area contributed by atoms with E-state index in [-0.39, 0.29) is 6.61 Å². The molecule has 4 atom stereocenters. The first-order chi connectivity index (χ1) is 12.6. The van der Waals surface area contributed by atoms with E-state index in [1.54, 1.807) is 4.57 Å². The molecule has 0 saturated carbocycles. The predicted molar refractivity (Wildman–Crippen MR) is 95.6 cm³/mol. The molecule has 0 bridgehead atoms. The van der Waals surface area contributed by atoms with Crippen molar-refractivity contribution in [2.45, 2.75) is 70.1 Å². The van der Waals surface area contributed by atoms with Crippen LogP contribution in [0.15, 0.2) is 12.7 Å². The summed E-state index contributed by atoms with van der Waals surface area (Å²) in [6.07, 6.45) is 3.13. The van der Waals surface area contributed by atoms with Crippen molar-refractivity contribution in [2.75, 3.05) is 11.9 Å². The molecule has 3 heterocycles. The summed E-state index contributed by atoms with van der Waals surface area (Å²) < 4.78 is 7.15. The smallest absolute Gasteiger partial charge is 0.167 e. The second-order valence-electron chi connectivity index (χ2n) is 6.69. The molecule has 0 aromatic carbocycles. The highest BCUT2D eigenvalue weighted by Gasteiger charge is 2.44. The number of hydrogen-bond acceptors (Lipinski definition) is 8. The first-order valence-corrected chi connectivity index (χ1v) is 9.17. The Hall–Kier alpha value is -1.81. The summed E-state index contributed by atoms with van der Waals surface area (Å²) in [7, 11) is 0. The monoisotopic (exact) mass is 365 g/mol. The molecule has 26 heavy (non-hydrogen) atoms. The average molecular weight is 365 g/mol. The van der Waals surface area contributed by atoms with Gasteiger partial charge in [0.05, 0.1) is 12.9 Å². The van der Waals surface area contributed by atoms with Crippen LogP contribution in [-0.2, 0) is 4.74 Å². The summed E-state index contributed by atoms with van der Waals surface area (Å²) >= 11 is 0. The molecule has 3 rings (SSSR count). The second kappa shape index (κ2) is 8.26. The Bertz CT molecular complexity index is 718. The van der Waals surface area contributed by atoms with E-state index in [1.807, 2.05) is 0 Å². The number of aliphatic hydroxyl groups is 3. The Morgan fingerprint density at radius 1 is 1.15 bits per heavy atom. The Morgan fingerprint density at radius 3 is 2.50 bits per heavy atom. The SMILES string of the molecule is CCCC(CCC)Nc1ncnc2c1ncn2C1OC(CO)C(O)C1O. The third-order valence-corrected chi connectivity index (χ3v) is 4.77. The zero-order valence-electron chi connectivity index (χ0n) is 15.1. The minimum absolute atomic E-state index is 0.308. The highest BCUT2D eigenvalue weighted by Crippen LogP contribution is 2.32. The summed E-state index contributed by atoms with van der Waals surface area (Å²) in [5.41, 5.74) is 1.09. The molecule has 2 aromatic rings. The first kappa shape index (κ1) is 19.0. The van der Waals surface area contributed by atoms with Gasteiger partial charge in [-0.25, -0.2) is 15.0 Å². The van der Waals surface area contributed by atoms with Crippen molar-refractivity contribution in [3.05, 3.63) is 12.7 Å². The maximum Gasteiger partial charge on any atom is 0.167 e. The van der Waals surface area contributed by atoms with Gasteiger partial charge < -0.3 is 25.4 Å². The normalized spacial score (nSPS) is 26.1. The van der Waals surface area contributed by atoms with E-state index in [0.717, 1.165) is 25.7 Å². The van der Waals surface area contributed by atoms with Crippen molar-refractivity contribution < 1.29 is 20.1 Å². The predicted octanol–water partition coefficient (Wildman–Crippen LogP) is 0.818. The van der Waals surface area contributed by atoms with Crippen LogP contribution in [0, 0.1) is 0 Å². The van der Waals surface area contributed by atoms with Crippen LogP contribution in [0.25, 0.3) is 11.2 Å². The number of nitrogens with one attached hydrogen (secondary N) is 1. The first-order valence-electron chi connectivity index (χ1n) is 9.17. The molecule has 2 aromatic heterocycles. The van der Waals surface area contributed by atoms with Crippen LogP contribution in [0.3, 0.4) is 0 Å². The van der Waals surface area contributed by atoms with Gasteiger partial charge >= 0.3 is 0 Å². The maximum atomic E-state index is 10.3. The number of hydrogen-bond donors (Lipinski definition) is 4. The average Bonchev–Trinajstić information content (AvgIpc) is 3.18. The molecule has 1 saturated heterocycles. The van der Waals surface area contributed by atoms with Crippen LogP contribution in [-0.4, -0.2) is 65.8 Å². The summed E-state index contributed by atoms with van der Waals surface area (Å²) in [6.45, 7) is 3.92. The standard InChI is InChI=1S/C17H27N5O4/c1-3-5-10(6-4-2)21-15-12-16(19-8-18-15)22(9-20-12)17-14(25)13(24)11(7-23)26-17/h8-11,13-14,17,23-25H,3-7H2,1-2H3,(H,18,19,21). The van der Waals surface area contributed by atoms with E-state index in [0.29, 0.717) is 23.0 Å². The number of fused-ring (bicyclic) bond motifs is 1. The van der Waals surface area contributed by atoms with Crippen LogP contribution in [0.4, 0.5) is 5.82 Å². The topological polar surface area (TPSA) is 126 Å². The molecule has 0 spiro atoms. The van der Waals surface area contributed by atoms with Gasteiger partial charge in [-0.3, -0.25) is 4.57 Å². The number of imidazole rings is 1. The fourth-order valence-electron chi connectivity index (χ4n) is 3.43. The zero-order valence-corrected chi connectivity index (χ0v) is 15.1. The van der Waals surface area contributed by atoms with E-state index < -0.39 is 24.5 Å². The lowest BCUT2D eigenvalue weighted by Crippen LogP contribution is -2.33. The molecule has 9 heteroatoms. The summed E-state index contributed by atoms with van der Waals surface area (Å²) in [5, 5.41) is 32.9. The molecule has 0 aliphatic carbocycles. The largest absolute Gasteiger partial charge is 0.394 e. The number of aromatic nitrogens is 4. The van der Waals surface area contributed by atoms with E-state index in [1.165, 1.54) is 12.7 Å². The van der Waals surface area contributed by atoms with E-state index >= 15 is 0 Å². The third-order valence-electron chi connectivity index (χ3n) is 4.77. The fourth-order valence-corrected chi connectivity index (χ4v) is 3.43. The van der Waals surface area contributed by atoms with Crippen molar-refractivity contribution in [1.82, 2.24) is 19.5 Å². The molecular weight excluding hydrogens is 338 g/mol. The molecule has 1 aliphatic heterocycles. The van der Waals surface area contributed by atoms with E-state index in [4.69, 9.17) is 4.74 Å². The molecule has 1 fully saturated rings. The second-order valence-corrected chi connectivity index (χ2v) is 6.69. The lowest BCUT2D eigenvalue weighted by Gasteiger charge is -2.19. The summed E-state index contributed by atoms with van der Waals surface area (Å²) in [5.74, 6) is 0.646. The fraction of sp³-hybridized carbons (Fsp3) is 0.706. The molecule has 1 aliphatic rings. The van der Waals surface area contributed by atoms with Crippen LogP contribution < -0.4 is 5.32 Å². The Kier molecular flexibility index (Phi) is 6.02. The van der Waals surface area contributed by atoms with Gasteiger partial charge in [-0.2, -0.15) is 0 Å². The quantitative estimate of drug-likeness (QED) is 0.542. The Balaban J connectivity index is 1.89. The van der Waals surface area contributed by atoms with Gasteiger partial charge in [-0.15, -0.1) is 0 Å². The summed E-state index contributed by atoms with van der Waals surface area (Å²) in [4.78, 5) is 13.0. The van der Waals surface area contributed by atoms with Crippen molar-refractivity contribution in [2.24, 2.45) is 0 Å². The van der Waals surface area contributed by atoms with Crippen molar-refractivity contribution in [1.29, 1.82) is 0 Å². The minimum Gasteiger partial charge on any atom is -0.394 e. The van der Waals surface area contributed by atoms with Gasteiger partial charge in [0.15, 0.2) is 23.2 Å². The van der Waals surface area contributed by atoms with Gasteiger partial charge in [-0.05, 0) is 12.8 Å². The molecule has 144 valence electrons. The molecule has 0 radical (unpaired) electrons. The highest BCUT2D eigenvalue weighted by molar-refractivity contribution is 5.82. The molecular formula is C17H27N5O4. The van der Waals surface area contributed by atoms with Gasteiger partial charge in [0.1, 0.15) is 24.6 Å². The lowest BCUT2D eigenvalue weighted by molar-refractivity contribution is -0.0511. The van der Waals surface area contributed by atoms with Crippen LogP contribution in [0.5, 0.6) is 0 Å². The number of ether oxygens (including phenoxy) is 1. The molecule has 4 unspecified atom stereocenters. The number of anilines is 1. The van der Waals surface area contributed by atoms with Gasteiger partial charge in [0.2, 0.25) is 0 Å². The van der Waals surface area contributed by atoms with Crippen LogP contribution in [0.2, 0.25) is 0 Å². The van der Waals surface area contributed by atoms with Crippen molar-refractivity contribution >= 4 is 17.0 Å². The van der Waals surface area contributed by atoms with E-state index in [9.17, 15) is 15.3 Å². The van der Waals surface area contributed by atoms with Crippen molar-refractivity contribution in [3.63, 3.8) is 0 Å². The molecule has 4 N–H and O–H groups in total. The highest BCUT2D eigenvalue weighted by atomic mass is 16.6. The Morgan fingerprint density at radius 2 is 1.88 bits per heavy atom. The Labute approximate surface area is 152 Å². The number of aliphatic hydroxyl groups excluding tert-OH is 3. The molecule has 0 amide bonds. The van der Waals surface area contributed by atoms with Gasteiger partial charge in [0, 0.05) is 6.04 Å². The van der Waals surface area contributed by atoms with E-state index in [2.05, 4.69) is 34.1 Å². The summed E-state index contributed by atoms with van der Waals surface area (Å²) in [6, 6.07) is 0.308. The lowest BCUT2D eigenvalue weighted by atomic mass is 10.1. The van der Waals surface area contributed by atoms with Crippen LogP contribution >= 0.6 is 0 Å². The molecule has 9 nitrogen and oxygen atoms in total. The number of rotatable bonds is 8. The minimum atomic E-state index is -1.18. The van der Waals surface area contributed by atoms with Crippen LogP contribution in [0.1, 0.15) is 45.8 Å².